The molecule has 0 bridgehead atoms. The fourth-order valence-corrected chi connectivity index (χ4v) is 6.28. The Balaban J connectivity index is 1.60. The van der Waals surface area contributed by atoms with Crippen LogP contribution in [0.1, 0.15) is 54.2 Å². The lowest BCUT2D eigenvalue weighted by atomic mass is 9.87. The molecule has 7 heteroatoms. The van der Waals surface area contributed by atoms with Crippen LogP contribution in [0.3, 0.4) is 0 Å². The minimum absolute atomic E-state index is 0.0767. The van der Waals surface area contributed by atoms with Gasteiger partial charge in [-0.1, -0.05) is 30.3 Å². The second-order valence-electron chi connectivity index (χ2n) is 8.38. The second-order valence-corrected chi connectivity index (χ2v) is 10.2. The van der Waals surface area contributed by atoms with Gasteiger partial charge in [-0.05, 0) is 62.4 Å². The van der Waals surface area contributed by atoms with Crippen molar-refractivity contribution in [3.8, 4) is 0 Å². The summed E-state index contributed by atoms with van der Waals surface area (Å²) < 4.78 is 25.9. The van der Waals surface area contributed by atoms with Crippen LogP contribution in [-0.2, 0) is 21.2 Å². The first-order valence-corrected chi connectivity index (χ1v) is 11.4. The van der Waals surface area contributed by atoms with Gasteiger partial charge in [-0.15, -0.1) is 0 Å². The average Bonchev–Trinajstić information content (AvgIpc) is 2.84. The van der Waals surface area contributed by atoms with Gasteiger partial charge in [-0.2, -0.15) is 0 Å². The van der Waals surface area contributed by atoms with Crippen molar-refractivity contribution in [1.82, 2.24) is 5.32 Å². The molecule has 6 nitrogen and oxygen atoms in total. The van der Waals surface area contributed by atoms with Crippen molar-refractivity contribution in [2.45, 2.75) is 39.2 Å². The first-order chi connectivity index (χ1) is 13.7. The summed E-state index contributed by atoms with van der Waals surface area (Å²) in [6.45, 7) is 3.23. The molecule has 152 valence electrons. The fraction of sp³-hybridized carbons (Fsp3) is 0.364. The van der Waals surface area contributed by atoms with E-state index in [1.807, 2.05) is 18.2 Å². The normalized spacial score (nSPS) is 22.2. The quantitative estimate of drug-likeness (QED) is 0.839. The van der Waals surface area contributed by atoms with Crippen molar-refractivity contribution < 1.29 is 18.0 Å². The molecule has 1 aliphatic heterocycles. The van der Waals surface area contributed by atoms with Crippen LogP contribution >= 0.6 is 0 Å². The van der Waals surface area contributed by atoms with Crippen molar-refractivity contribution in [3.05, 3.63) is 65.2 Å². The third kappa shape index (κ3) is 3.55. The Labute approximate surface area is 171 Å². The van der Waals surface area contributed by atoms with Gasteiger partial charge >= 0.3 is 0 Å². The lowest BCUT2D eigenvalue weighted by molar-refractivity contribution is -0.123. The van der Waals surface area contributed by atoms with E-state index >= 15 is 0 Å². The van der Waals surface area contributed by atoms with Crippen molar-refractivity contribution >= 4 is 27.5 Å². The summed E-state index contributed by atoms with van der Waals surface area (Å²) in [6.07, 6.45) is 2.86. The predicted molar refractivity (Wildman–Crippen MR) is 111 cm³/mol. The molecule has 1 fully saturated rings. The lowest BCUT2D eigenvalue weighted by Crippen LogP contribution is -2.33. The van der Waals surface area contributed by atoms with Crippen LogP contribution in [0.5, 0.6) is 0 Å². The summed E-state index contributed by atoms with van der Waals surface area (Å²) in [5, 5.41) is 3.07. The molecule has 1 unspecified atom stereocenters. The van der Waals surface area contributed by atoms with Gasteiger partial charge < -0.3 is 5.32 Å². The Morgan fingerprint density at radius 2 is 1.90 bits per heavy atom. The Morgan fingerprint density at radius 1 is 1.14 bits per heavy atom. The maximum absolute atomic E-state index is 12.9. The molecule has 1 N–H and O–H groups in total. The van der Waals surface area contributed by atoms with E-state index in [4.69, 9.17) is 0 Å². The number of hydrogen-bond donors (Lipinski definition) is 1. The van der Waals surface area contributed by atoms with Crippen LogP contribution in [0.2, 0.25) is 0 Å². The number of carbonyl (C=O) groups is 2. The zero-order valence-electron chi connectivity index (χ0n) is 16.5. The monoisotopic (exact) mass is 412 g/mol. The topological polar surface area (TPSA) is 83.6 Å². The summed E-state index contributed by atoms with van der Waals surface area (Å²) in [4.78, 5) is 25.5. The van der Waals surface area contributed by atoms with E-state index in [2.05, 4.69) is 11.4 Å². The van der Waals surface area contributed by atoms with Crippen LogP contribution in [0.25, 0.3) is 0 Å². The molecule has 0 saturated carbocycles. The number of sulfonamides is 1. The molecule has 1 saturated heterocycles. The number of carbonyl (C=O) groups excluding carboxylic acids is 2. The summed E-state index contributed by atoms with van der Waals surface area (Å²) >= 11 is 0. The highest BCUT2D eigenvalue weighted by atomic mass is 32.2. The van der Waals surface area contributed by atoms with E-state index in [1.54, 1.807) is 32.0 Å². The Hall–Kier alpha value is -2.67. The first-order valence-electron chi connectivity index (χ1n) is 9.75. The van der Waals surface area contributed by atoms with Gasteiger partial charge in [0.25, 0.3) is 5.91 Å². The molecule has 29 heavy (non-hydrogen) atoms. The molecule has 2 aromatic rings. The number of nitrogens with one attached hydrogen (secondary N) is 1. The van der Waals surface area contributed by atoms with Gasteiger partial charge in [0.05, 0.1) is 22.9 Å². The van der Waals surface area contributed by atoms with Crippen molar-refractivity contribution in [3.63, 3.8) is 0 Å². The Kier molecular flexibility index (Phi) is 4.73. The van der Waals surface area contributed by atoms with E-state index in [0.717, 1.165) is 29.1 Å². The molecule has 0 radical (unpaired) electrons. The maximum atomic E-state index is 12.9. The van der Waals surface area contributed by atoms with Crippen molar-refractivity contribution in [2.75, 3.05) is 10.1 Å². The zero-order chi connectivity index (χ0) is 20.8. The van der Waals surface area contributed by atoms with Crippen molar-refractivity contribution in [2.24, 2.45) is 5.41 Å². The fourth-order valence-electron chi connectivity index (χ4n) is 4.18. The van der Waals surface area contributed by atoms with Gasteiger partial charge in [-0.3, -0.25) is 9.59 Å². The van der Waals surface area contributed by atoms with E-state index < -0.39 is 21.3 Å². The van der Waals surface area contributed by atoms with Gasteiger partial charge in [-0.25, -0.2) is 12.7 Å². The largest absolute Gasteiger partial charge is 0.345 e. The average molecular weight is 413 g/mol. The van der Waals surface area contributed by atoms with Gasteiger partial charge in [0.1, 0.15) is 0 Å². The minimum atomic E-state index is -3.75. The number of benzene rings is 2. The molecule has 1 aliphatic carbocycles. The van der Waals surface area contributed by atoms with Gasteiger partial charge in [0.2, 0.25) is 15.9 Å². The number of nitrogens with zero attached hydrogens (tertiary/aromatic N) is 1. The molecule has 2 aliphatic rings. The van der Waals surface area contributed by atoms with E-state index in [0.29, 0.717) is 5.56 Å². The number of aryl methyl sites for hydroxylation is 1. The highest BCUT2D eigenvalue weighted by Gasteiger charge is 2.50. The minimum Gasteiger partial charge on any atom is -0.345 e. The van der Waals surface area contributed by atoms with Crippen LogP contribution in [0.4, 0.5) is 5.69 Å². The third-order valence-corrected chi connectivity index (χ3v) is 7.62. The summed E-state index contributed by atoms with van der Waals surface area (Å²) in [6, 6.07) is 14.3. The Morgan fingerprint density at radius 3 is 2.62 bits per heavy atom. The van der Waals surface area contributed by atoms with Crippen LogP contribution < -0.4 is 9.62 Å². The number of fused-ring (bicyclic) bond motifs is 1. The van der Waals surface area contributed by atoms with Crippen LogP contribution in [0.15, 0.2) is 48.5 Å². The van der Waals surface area contributed by atoms with E-state index in [-0.39, 0.29) is 23.4 Å². The second kappa shape index (κ2) is 6.99. The molecule has 0 aromatic heterocycles. The number of rotatable bonds is 3. The van der Waals surface area contributed by atoms with Gasteiger partial charge in [0.15, 0.2) is 0 Å². The van der Waals surface area contributed by atoms with Crippen molar-refractivity contribution in [1.29, 1.82) is 0 Å². The van der Waals surface area contributed by atoms with E-state index in [1.165, 1.54) is 11.6 Å². The van der Waals surface area contributed by atoms with Crippen LogP contribution in [0, 0.1) is 5.41 Å². The molecular weight excluding hydrogens is 388 g/mol. The zero-order valence-corrected chi connectivity index (χ0v) is 17.3. The highest BCUT2D eigenvalue weighted by molar-refractivity contribution is 7.94. The lowest BCUT2D eigenvalue weighted by Gasteiger charge is -2.26. The number of hydrogen-bond acceptors (Lipinski definition) is 4. The highest BCUT2D eigenvalue weighted by Crippen LogP contribution is 2.36. The summed E-state index contributed by atoms with van der Waals surface area (Å²) in [7, 11) is -3.75. The third-order valence-electron chi connectivity index (χ3n) is 5.60. The molecule has 1 heterocycles. The number of amides is 2. The standard InChI is InChI=1S/C22H24N2O4S/c1-22(2)14-29(27,28)24(21(22)26)17-10-5-9-16(13-17)20(25)23-19-12-6-8-15-7-3-4-11-18(15)19/h3-5,7,9-11,13,19H,6,8,12,14H2,1-2H3,(H,23,25). The molecule has 2 aromatic carbocycles. The molecule has 4 rings (SSSR count). The SMILES string of the molecule is CC1(C)CS(=O)(=O)N(c2cccc(C(=O)NC3CCCc4ccccc43)c2)C1=O. The first kappa shape index (κ1) is 19.6. The maximum Gasteiger partial charge on any atom is 0.251 e. The molecule has 2 amide bonds. The smallest absolute Gasteiger partial charge is 0.251 e. The molecular formula is C22H24N2O4S. The number of anilines is 1. The summed E-state index contributed by atoms with van der Waals surface area (Å²) in [5.74, 6) is -0.998. The molecule has 0 spiro atoms. The molecule has 1 atom stereocenters. The summed E-state index contributed by atoms with van der Waals surface area (Å²) in [5.41, 5.74) is 1.93. The van der Waals surface area contributed by atoms with Crippen LogP contribution in [-0.4, -0.2) is 26.0 Å². The van der Waals surface area contributed by atoms with Gasteiger partial charge in [0, 0.05) is 5.56 Å². The Bertz CT molecular complexity index is 1090. The predicted octanol–water partition coefficient (Wildman–Crippen LogP) is 3.20. The van der Waals surface area contributed by atoms with E-state index in [9.17, 15) is 18.0 Å².